The molecule has 2 heterocycles. The fraction of sp³-hybridized carbons (Fsp3) is 1.00. The molecule has 0 bridgehead atoms. The van der Waals surface area contributed by atoms with E-state index in [1.165, 1.54) is 32.6 Å². The van der Waals surface area contributed by atoms with Gasteiger partial charge in [-0.15, -0.1) is 0 Å². The van der Waals surface area contributed by atoms with Crippen molar-refractivity contribution in [1.29, 1.82) is 0 Å². The van der Waals surface area contributed by atoms with Gasteiger partial charge in [0.15, 0.2) is 0 Å². The van der Waals surface area contributed by atoms with Crippen molar-refractivity contribution in [3.63, 3.8) is 0 Å². The maximum atomic E-state index is 8.82. The molecule has 82 valence electrons. The van der Waals surface area contributed by atoms with Gasteiger partial charge < -0.3 is 10.0 Å². The Balaban J connectivity index is 1.80. The number of hydrogen-bond acceptors (Lipinski definition) is 3. The van der Waals surface area contributed by atoms with Crippen LogP contribution in [0.3, 0.4) is 0 Å². The minimum Gasteiger partial charge on any atom is -0.395 e. The van der Waals surface area contributed by atoms with E-state index >= 15 is 0 Å². The second-order valence-electron chi connectivity index (χ2n) is 5.25. The van der Waals surface area contributed by atoms with Crippen LogP contribution >= 0.6 is 0 Å². The predicted molar refractivity (Wildman–Crippen MR) is 57.3 cm³/mol. The molecular formula is C11H22N2O. The number of hydrogen-bond donors (Lipinski definition) is 1. The van der Waals surface area contributed by atoms with Gasteiger partial charge in [-0.25, -0.2) is 0 Å². The number of aliphatic hydroxyl groups is 1. The summed E-state index contributed by atoms with van der Waals surface area (Å²) in [5.74, 6) is 0. The number of β-amino-alcohol motifs (C(OH)–C–C–N with tert-alkyl or cyclic N) is 1. The molecular weight excluding hydrogens is 176 g/mol. The molecule has 2 aliphatic heterocycles. The maximum Gasteiger partial charge on any atom is 0.0558 e. The number of aliphatic hydroxyl groups excluding tert-OH is 1. The van der Waals surface area contributed by atoms with Crippen molar-refractivity contribution < 1.29 is 5.11 Å². The Morgan fingerprint density at radius 3 is 2.50 bits per heavy atom. The Labute approximate surface area is 86.7 Å². The summed E-state index contributed by atoms with van der Waals surface area (Å²) in [4.78, 5) is 4.94. The molecule has 2 aliphatic rings. The molecule has 2 fully saturated rings. The summed E-state index contributed by atoms with van der Waals surface area (Å²) in [6, 6.07) is 0.696. The largest absolute Gasteiger partial charge is 0.395 e. The molecule has 0 saturated carbocycles. The summed E-state index contributed by atoms with van der Waals surface area (Å²) in [5.41, 5.74) is 0.583. The lowest BCUT2D eigenvalue weighted by molar-refractivity contribution is -0.00348. The Kier molecular flexibility index (Phi) is 2.82. The van der Waals surface area contributed by atoms with Crippen molar-refractivity contribution in [2.75, 3.05) is 39.3 Å². The molecule has 2 saturated heterocycles. The van der Waals surface area contributed by atoms with Crippen LogP contribution in [0.25, 0.3) is 0 Å². The van der Waals surface area contributed by atoms with E-state index in [9.17, 15) is 0 Å². The van der Waals surface area contributed by atoms with Crippen molar-refractivity contribution in [3.05, 3.63) is 0 Å². The Morgan fingerprint density at radius 1 is 1.29 bits per heavy atom. The first-order valence-electron chi connectivity index (χ1n) is 5.72. The van der Waals surface area contributed by atoms with Crippen molar-refractivity contribution >= 4 is 0 Å². The first kappa shape index (κ1) is 10.4. The van der Waals surface area contributed by atoms with Gasteiger partial charge in [-0.1, -0.05) is 0 Å². The molecule has 0 aromatic carbocycles. The molecule has 1 spiro atoms. The van der Waals surface area contributed by atoms with Gasteiger partial charge in [0.25, 0.3) is 0 Å². The van der Waals surface area contributed by atoms with Crippen LogP contribution in [-0.2, 0) is 0 Å². The fourth-order valence-corrected chi connectivity index (χ4v) is 2.87. The normalized spacial score (nSPS) is 27.4. The summed E-state index contributed by atoms with van der Waals surface area (Å²) in [6.07, 6.45) is 1.35. The molecule has 0 aromatic heterocycles. The summed E-state index contributed by atoms with van der Waals surface area (Å²) in [7, 11) is 0. The SMILES string of the molecule is CC(C)N1CCC2(CN(CCO)C2)C1. The first-order valence-corrected chi connectivity index (χ1v) is 5.72. The molecule has 3 nitrogen and oxygen atoms in total. The third-order valence-electron chi connectivity index (χ3n) is 3.73. The fourth-order valence-electron chi connectivity index (χ4n) is 2.87. The molecule has 0 unspecified atom stereocenters. The van der Waals surface area contributed by atoms with E-state index in [0.29, 0.717) is 18.1 Å². The second kappa shape index (κ2) is 3.80. The highest BCUT2D eigenvalue weighted by molar-refractivity contribution is 5.01. The highest BCUT2D eigenvalue weighted by Crippen LogP contribution is 2.39. The first-order chi connectivity index (χ1) is 6.65. The van der Waals surface area contributed by atoms with E-state index in [1.807, 2.05) is 0 Å². The average molecular weight is 198 g/mol. The van der Waals surface area contributed by atoms with Crippen LogP contribution in [0.2, 0.25) is 0 Å². The quantitative estimate of drug-likeness (QED) is 0.711. The highest BCUT2D eigenvalue weighted by atomic mass is 16.3. The molecule has 0 aliphatic carbocycles. The monoisotopic (exact) mass is 198 g/mol. The number of likely N-dealkylation sites (tertiary alicyclic amines) is 2. The topological polar surface area (TPSA) is 26.7 Å². The van der Waals surface area contributed by atoms with Crippen molar-refractivity contribution in [1.82, 2.24) is 9.80 Å². The minimum atomic E-state index is 0.309. The van der Waals surface area contributed by atoms with Crippen LogP contribution in [0.4, 0.5) is 0 Å². The van der Waals surface area contributed by atoms with Gasteiger partial charge >= 0.3 is 0 Å². The standard InChI is InChI=1S/C11H22N2O/c1-10(2)13-4-3-11(9-13)7-12(8-11)5-6-14/h10,14H,3-9H2,1-2H3. The summed E-state index contributed by atoms with van der Waals surface area (Å²) >= 11 is 0. The smallest absolute Gasteiger partial charge is 0.0558 e. The lowest BCUT2D eigenvalue weighted by Gasteiger charge is -2.48. The van der Waals surface area contributed by atoms with Gasteiger partial charge in [-0.2, -0.15) is 0 Å². The van der Waals surface area contributed by atoms with Crippen LogP contribution < -0.4 is 0 Å². The van der Waals surface area contributed by atoms with Crippen molar-refractivity contribution in [2.24, 2.45) is 5.41 Å². The lowest BCUT2D eigenvalue weighted by Crippen LogP contribution is -2.58. The minimum absolute atomic E-state index is 0.309. The van der Waals surface area contributed by atoms with Crippen molar-refractivity contribution in [3.8, 4) is 0 Å². The van der Waals surface area contributed by atoms with Crippen LogP contribution in [0.1, 0.15) is 20.3 Å². The molecule has 1 N–H and O–H groups in total. The van der Waals surface area contributed by atoms with Gasteiger partial charge in [0, 0.05) is 37.6 Å². The van der Waals surface area contributed by atoms with E-state index < -0.39 is 0 Å². The zero-order valence-electron chi connectivity index (χ0n) is 9.37. The third-order valence-corrected chi connectivity index (χ3v) is 3.73. The van der Waals surface area contributed by atoms with Crippen LogP contribution in [0.15, 0.2) is 0 Å². The molecule has 0 aromatic rings. The van der Waals surface area contributed by atoms with Crippen molar-refractivity contribution in [2.45, 2.75) is 26.3 Å². The van der Waals surface area contributed by atoms with E-state index in [0.717, 1.165) is 6.54 Å². The highest BCUT2D eigenvalue weighted by Gasteiger charge is 2.47. The average Bonchev–Trinajstić information content (AvgIpc) is 2.48. The third kappa shape index (κ3) is 1.81. The van der Waals surface area contributed by atoms with Gasteiger partial charge in [0.05, 0.1) is 6.61 Å². The molecule has 14 heavy (non-hydrogen) atoms. The Morgan fingerprint density at radius 2 is 2.00 bits per heavy atom. The Hall–Kier alpha value is -0.120. The van der Waals surface area contributed by atoms with E-state index in [-0.39, 0.29) is 0 Å². The maximum absolute atomic E-state index is 8.82. The van der Waals surface area contributed by atoms with Gasteiger partial charge in [-0.3, -0.25) is 4.90 Å². The molecule has 0 amide bonds. The van der Waals surface area contributed by atoms with Crippen LogP contribution in [0.5, 0.6) is 0 Å². The van der Waals surface area contributed by atoms with Crippen LogP contribution in [-0.4, -0.2) is 60.3 Å². The van der Waals surface area contributed by atoms with Gasteiger partial charge in [0.1, 0.15) is 0 Å². The molecule has 0 radical (unpaired) electrons. The van der Waals surface area contributed by atoms with E-state index in [1.54, 1.807) is 0 Å². The summed E-state index contributed by atoms with van der Waals surface area (Å²) in [5, 5.41) is 8.82. The summed E-state index contributed by atoms with van der Waals surface area (Å²) in [6.45, 7) is 10.7. The van der Waals surface area contributed by atoms with E-state index in [2.05, 4.69) is 23.6 Å². The van der Waals surface area contributed by atoms with Gasteiger partial charge in [-0.05, 0) is 26.8 Å². The van der Waals surface area contributed by atoms with Gasteiger partial charge in [0.2, 0.25) is 0 Å². The van der Waals surface area contributed by atoms with E-state index in [4.69, 9.17) is 5.11 Å². The molecule has 3 heteroatoms. The summed E-state index contributed by atoms with van der Waals surface area (Å²) < 4.78 is 0. The zero-order chi connectivity index (χ0) is 10.2. The lowest BCUT2D eigenvalue weighted by atomic mass is 9.79. The zero-order valence-corrected chi connectivity index (χ0v) is 9.37. The molecule has 2 rings (SSSR count). The molecule has 0 atom stereocenters. The number of rotatable bonds is 3. The predicted octanol–water partition coefficient (Wildman–Crippen LogP) is 0.395. The van der Waals surface area contributed by atoms with Crippen LogP contribution in [0, 0.1) is 5.41 Å². The Bertz CT molecular complexity index is 199. The second-order valence-corrected chi connectivity index (χ2v) is 5.25. The number of nitrogens with zero attached hydrogens (tertiary/aromatic N) is 2.